The fraction of sp³-hybridized carbons (Fsp3) is 0.133. The van der Waals surface area contributed by atoms with Crippen molar-refractivity contribution >= 4 is 11.6 Å². The third kappa shape index (κ3) is 3.04. The lowest BCUT2D eigenvalue weighted by molar-refractivity contribution is 0.414. The fourth-order valence-electron chi connectivity index (χ4n) is 1.89. The molecule has 0 aliphatic carbocycles. The number of halogens is 2. The number of hydrogen-bond donors (Lipinski definition) is 0. The van der Waals surface area contributed by atoms with Gasteiger partial charge in [-0.3, -0.25) is 0 Å². The quantitative estimate of drug-likeness (QED) is 0.850. The smallest absolute Gasteiger partial charge is 0.142 e. The van der Waals surface area contributed by atoms with Gasteiger partial charge in [-0.25, -0.2) is 4.39 Å². The van der Waals surface area contributed by atoms with E-state index < -0.39 is 5.82 Å². The fourth-order valence-corrected chi connectivity index (χ4v) is 2.12. The normalized spacial score (nSPS) is 10.0. The Labute approximate surface area is 116 Å². The molecule has 0 unspecified atom stereocenters. The van der Waals surface area contributed by atoms with E-state index in [4.69, 9.17) is 21.6 Å². The molecule has 0 saturated carbocycles. The van der Waals surface area contributed by atoms with E-state index in [-0.39, 0.29) is 10.6 Å². The Kier molecular flexibility index (Phi) is 4.03. The number of hydrogen-bond acceptors (Lipinski definition) is 2. The zero-order valence-corrected chi connectivity index (χ0v) is 11.0. The molecule has 0 atom stereocenters. The van der Waals surface area contributed by atoms with Gasteiger partial charge in [0.25, 0.3) is 0 Å². The lowest BCUT2D eigenvalue weighted by Gasteiger charge is -2.07. The highest BCUT2D eigenvalue weighted by Crippen LogP contribution is 2.23. The van der Waals surface area contributed by atoms with Gasteiger partial charge in [-0.05, 0) is 41.8 Å². The highest BCUT2D eigenvalue weighted by molar-refractivity contribution is 6.30. The summed E-state index contributed by atoms with van der Waals surface area (Å²) in [4.78, 5) is 0. The number of benzene rings is 2. The average molecular weight is 276 g/mol. The van der Waals surface area contributed by atoms with Crippen molar-refractivity contribution in [3.63, 3.8) is 0 Å². The Bertz CT molecular complexity index is 649. The molecule has 96 valence electrons. The molecule has 0 radical (unpaired) electrons. The molecule has 0 N–H and O–H groups in total. The van der Waals surface area contributed by atoms with E-state index >= 15 is 0 Å². The van der Waals surface area contributed by atoms with Crippen LogP contribution in [-0.4, -0.2) is 7.11 Å². The van der Waals surface area contributed by atoms with Crippen molar-refractivity contribution in [2.45, 2.75) is 6.42 Å². The second-order valence-electron chi connectivity index (χ2n) is 4.06. The topological polar surface area (TPSA) is 33.0 Å². The number of rotatable bonds is 3. The van der Waals surface area contributed by atoms with Crippen molar-refractivity contribution in [1.82, 2.24) is 0 Å². The minimum atomic E-state index is -0.590. The molecule has 2 aromatic rings. The summed E-state index contributed by atoms with van der Waals surface area (Å²) in [6.45, 7) is 0. The predicted molar refractivity (Wildman–Crippen MR) is 71.9 cm³/mol. The first kappa shape index (κ1) is 13.4. The van der Waals surface area contributed by atoms with Crippen molar-refractivity contribution in [3.8, 4) is 11.8 Å². The van der Waals surface area contributed by atoms with Crippen LogP contribution in [0.3, 0.4) is 0 Å². The second kappa shape index (κ2) is 5.73. The SMILES string of the molecule is COc1cccc(Cc2cc(Cl)cc(F)c2C#N)c1. The van der Waals surface area contributed by atoms with Crippen LogP contribution in [0.2, 0.25) is 5.02 Å². The Morgan fingerprint density at radius 1 is 1.32 bits per heavy atom. The van der Waals surface area contributed by atoms with Crippen LogP contribution in [0.1, 0.15) is 16.7 Å². The van der Waals surface area contributed by atoms with Crippen LogP contribution in [0.25, 0.3) is 0 Å². The highest BCUT2D eigenvalue weighted by atomic mass is 35.5. The summed E-state index contributed by atoms with van der Waals surface area (Å²) in [6, 6.07) is 12.1. The summed E-state index contributed by atoms with van der Waals surface area (Å²) in [5.41, 5.74) is 1.53. The summed E-state index contributed by atoms with van der Waals surface area (Å²) in [5, 5.41) is 9.30. The van der Waals surface area contributed by atoms with E-state index in [2.05, 4.69) is 0 Å². The maximum atomic E-state index is 13.6. The van der Waals surface area contributed by atoms with E-state index in [1.165, 1.54) is 0 Å². The van der Waals surface area contributed by atoms with Crippen LogP contribution >= 0.6 is 11.6 Å². The molecule has 0 aromatic heterocycles. The van der Waals surface area contributed by atoms with Crippen molar-refractivity contribution in [2.24, 2.45) is 0 Å². The van der Waals surface area contributed by atoms with Gasteiger partial charge in [-0.15, -0.1) is 0 Å². The molecule has 0 amide bonds. The highest BCUT2D eigenvalue weighted by Gasteiger charge is 2.11. The van der Waals surface area contributed by atoms with Gasteiger partial charge in [0.15, 0.2) is 0 Å². The molecule has 4 heteroatoms. The molecule has 0 aliphatic heterocycles. The molecule has 0 fully saturated rings. The zero-order valence-electron chi connectivity index (χ0n) is 10.3. The molecule has 2 rings (SSSR count). The molecule has 0 heterocycles. The summed E-state index contributed by atoms with van der Waals surface area (Å²) in [6.07, 6.45) is 0.428. The van der Waals surface area contributed by atoms with Crippen molar-refractivity contribution in [2.75, 3.05) is 7.11 Å². The van der Waals surface area contributed by atoms with Crippen LogP contribution in [-0.2, 0) is 6.42 Å². The maximum Gasteiger partial charge on any atom is 0.142 e. The van der Waals surface area contributed by atoms with Gasteiger partial charge < -0.3 is 4.74 Å². The van der Waals surface area contributed by atoms with E-state index in [0.29, 0.717) is 12.0 Å². The number of nitrogens with zero attached hydrogens (tertiary/aromatic N) is 1. The van der Waals surface area contributed by atoms with Crippen molar-refractivity contribution in [1.29, 1.82) is 5.26 Å². The van der Waals surface area contributed by atoms with Gasteiger partial charge in [0.1, 0.15) is 17.6 Å². The molecule has 2 aromatic carbocycles. The second-order valence-corrected chi connectivity index (χ2v) is 4.50. The van der Waals surface area contributed by atoms with Gasteiger partial charge in [0, 0.05) is 5.02 Å². The Hall–Kier alpha value is -2.05. The molecule has 2 nitrogen and oxygen atoms in total. The van der Waals surface area contributed by atoms with E-state index in [9.17, 15) is 4.39 Å². The van der Waals surface area contributed by atoms with Gasteiger partial charge in [0.2, 0.25) is 0 Å². The molecule has 19 heavy (non-hydrogen) atoms. The van der Waals surface area contributed by atoms with E-state index in [1.54, 1.807) is 13.2 Å². The standard InChI is InChI=1S/C15H11ClFNO/c1-19-13-4-2-3-10(6-13)5-11-7-12(16)8-15(17)14(11)9-18/h2-4,6-8H,5H2,1H3. The molecular formula is C15H11ClFNO. The van der Waals surface area contributed by atoms with Gasteiger partial charge in [-0.1, -0.05) is 23.7 Å². The maximum absolute atomic E-state index is 13.6. The third-order valence-electron chi connectivity index (χ3n) is 2.78. The predicted octanol–water partition coefficient (Wildman–Crippen LogP) is 3.95. The van der Waals surface area contributed by atoms with E-state index in [0.717, 1.165) is 17.4 Å². The van der Waals surface area contributed by atoms with Crippen LogP contribution in [0.5, 0.6) is 5.75 Å². The van der Waals surface area contributed by atoms with Crippen LogP contribution in [0.4, 0.5) is 4.39 Å². The average Bonchev–Trinajstić information content (AvgIpc) is 2.38. The van der Waals surface area contributed by atoms with Crippen LogP contribution < -0.4 is 4.74 Å². The van der Waals surface area contributed by atoms with Gasteiger partial charge >= 0.3 is 0 Å². The first-order valence-corrected chi connectivity index (χ1v) is 6.03. The van der Waals surface area contributed by atoms with Crippen molar-refractivity contribution < 1.29 is 9.13 Å². The zero-order chi connectivity index (χ0) is 13.8. The molecular weight excluding hydrogens is 265 g/mol. The van der Waals surface area contributed by atoms with Crippen LogP contribution in [0, 0.1) is 17.1 Å². The summed E-state index contributed by atoms with van der Waals surface area (Å²) in [5.74, 6) is 0.131. The Morgan fingerprint density at radius 3 is 2.79 bits per heavy atom. The number of nitriles is 1. The first-order valence-electron chi connectivity index (χ1n) is 5.65. The molecule has 0 bridgehead atoms. The Morgan fingerprint density at radius 2 is 2.11 bits per heavy atom. The summed E-state index contributed by atoms with van der Waals surface area (Å²) < 4.78 is 18.8. The number of methoxy groups -OCH3 is 1. The molecule has 0 spiro atoms. The summed E-state index contributed by atoms with van der Waals surface area (Å²) >= 11 is 5.83. The van der Waals surface area contributed by atoms with Crippen LogP contribution in [0.15, 0.2) is 36.4 Å². The van der Waals surface area contributed by atoms with Gasteiger partial charge in [0.05, 0.1) is 12.7 Å². The minimum absolute atomic E-state index is 0.0345. The Balaban J connectivity index is 2.40. The lowest BCUT2D eigenvalue weighted by Crippen LogP contribution is -1.96. The summed E-state index contributed by atoms with van der Waals surface area (Å²) in [7, 11) is 1.58. The third-order valence-corrected chi connectivity index (χ3v) is 3.00. The molecule has 0 aliphatic rings. The lowest BCUT2D eigenvalue weighted by atomic mass is 10.00. The first-order chi connectivity index (χ1) is 9.13. The minimum Gasteiger partial charge on any atom is -0.497 e. The van der Waals surface area contributed by atoms with Crippen molar-refractivity contribution in [3.05, 3.63) is 63.9 Å². The monoisotopic (exact) mass is 275 g/mol. The molecule has 0 saturated heterocycles. The van der Waals surface area contributed by atoms with Gasteiger partial charge in [-0.2, -0.15) is 5.26 Å². The largest absolute Gasteiger partial charge is 0.497 e. The van der Waals surface area contributed by atoms with E-state index in [1.807, 2.05) is 30.3 Å². The number of ether oxygens (including phenoxy) is 1.